The number of aliphatic hydroxyl groups excluding tert-OH is 1. The van der Waals surface area contributed by atoms with Crippen LogP contribution in [-0.2, 0) is 22.6 Å². The van der Waals surface area contributed by atoms with Crippen LogP contribution in [-0.4, -0.2) is 112 Å². The van der Waals surface area contributed by atoms with Gasteiger partial charge in [0.25, 0.3) is 11.8 Å². The summed E-state index contributed by atoms with van der Waals surface area (Å²) in [5.74, 6) is 0.546. The fourth-order valence-corrected chi connectivity index (χ4v) is 9.25. The number of pyridine rings is 1. The Balaban J connectivity index is 0.00000268. The van der Waals surface area contributed by atoms with Crippen LogP contribution in [0.2, 0.25) is 0 Å². The van der Waals surface area contributed by atoms with Gasteiger partial charge in [0.05, 0.1) is 11.8 Å². The molecule has 1 aliphatic carbocycles. The number of hydrogen-bond acceptors (Lipinski definition) is 13. The van der Waals surface area contributed by atoms with Gasteiger partial charge in [-0.05, 0) is 86.1 Å². The van der Waals surface area contributed by atoms with Gasteiger partial charge in [0.1, 0.15) is 23.2 Å². The third kappa shape index (κ3) is 9.51. The van der Waals surface area contributed by atoms with Gasteiger partial charge in [-0.25, -0.2) is 9.97 Å². The van der Waals surface area contributed by atoms with Gasteiger partial charge in [0.15, 0.2) is 0 Å². The fraction of sp³-hybridized carbons (Fsp3) is 0.426. The highest BCUT2D eigenvalue weighted by atomic mass is 16.3. The topological polar surface area (TPSA) is 188 Å². The van der Waals surface area contributed by atoms with E-state index in [2.05, 4.69) is 75.7 Å². The molecule has 16 nitrogen and oxygen atoms in total. The van der Waals surface area contributed by atoms with E-state index in [0.717, 1.165) is 93.3 Å². The fourth-order valence-electron chi connectivity index (χ4n) is 9.25. The lowest BCUT2D eigenvalue weighted by atomic mass is 9.95. The van der Waals surface area contributed by atoms with Crippen molar-refractivity contribution < 1.29 is 24.3 Å². The zero-order valence-electron chi connectivity index (χ0n) is 36.1. The minimum Gasteiger partial charge on any atom is -0.387 e. The maximum absolute atomic E-state index is 13.4. The van der Waals surface area contributed by atoms with Gasteiger partial charge in [-0.3, -0.25) is 29.4 Å². The van der Waals surface area contributed by atoms with Crippen molar-refractivity contribution in [3.8, 4) is 0 Å². The van der Waals surface area contributed by atoms with E-state index in [-0.39, 0.29) is 41.4 Å². The number of nitrogens with zero attached hydrogens (tertiary/aromatic N) is 7. The van der Waals surface area contributed by atoms with Crippen LogP contribution in [0.1, 0.15) is 89.6 Å². The van der Waals surface area contributed by atoms with Crippen molar-refractivity contribution in [2.75, 3.05) is 72.8 Å². The second-order valence-electron chi connectivity index (χ2n) is 16.5. The molecule has 3 saturated heterocycles. The molecule has 0 bridgehead atoms. The number of carbonyl (C=O) groups excluding carboxylic acids is 4. The first kappa shape index (κ1) is 43.3. The molecule has 0 radical (unpaired) electrons. The summed E-state index contributed by atoms with van der Waals surface area (Å²) in [4.78, 5) is 73.4. The van der Waals surface area contributed by atoms with Gasteiger partial charge in [0, 0.05) is 99.7 Å². The number of rotatable bonds is 12. The van der Waals surface area contributed by atoms with Crippen molar-refractivity contribution in [3.05, 3.63) is 101 Å². The second kappa shape index (κ2) is 19.3. The lowest BCUT2D eigenvalue weighted by Crippen LogP contribution is -2.52. The van der Waals surface area contributed by atoms with Gasteiger partial charge in [0.2, 0.25) is 17.8 Å². The molecule has 3 fully saturated rings. The number of aryl methyl sites for hydroxylation is 1. The molecule has 0 saturated carbocycles. The third-order valence-corrected chi connectivity index (χ3v) is 12.6. The minimum atomic E-state index is -0.616. The molecule has 5 aliphatic rings. The highest BCUT2D eigenvalue weighted by Crippen LogP contribution is 2.36. The predicted octanol–water partition coefficient (Wildman–Crippen LogP) is 5.08. The lowest BCUT2D eigenvalue weighted by molar-refractivity contribution is -0.136. The predicted molar refractivity (Wildman–Crippen MR) is 243 cm³/mol. The van der Waals surface area contributed by atoms with Crippen molar-refractivity contribution in [1.29, 1.82) is 0 Å². The van der Waals surface area contributed by atoms with Gasteiger partial charge in [-0.1, -0.05) is 32.1 Å². The van der Waals surface area contributed by atoms with Gasteiger partial charge >= 0.3 is 0 Å². The molecule has 6 heterocycles. The number of piperidine rings is 2. The largest absolute Gasteiger partial charge is 0.387 e. The molecular weight excluding hydrogens is 799 g/mol. The number of aromatic nitrogens is 3. The first-order chi connectivity index (χ1) is 30.7. The molecule has 2 atom stereocenters. The second-order valence-corrected chi connectivity index (χ2v) is 16.5. The SMILES string of the molecule is C=CCNC(=O)c1cnc(Nc2ccc(N3CCC(CN4CCN(c5cccc6c5CN(C5CCC(=O)NC5=O)C6=O)CC4)CC3)cc2)nc1Nc1ccc2c(n1)C(O)CC2.CC. The number of fused-ring (bicyclic) bond motifs is 2. The van der Waals surface area contributed by atoms with E-state index in [1.165, 1.54) is 6.20 Å². The standard InChI is InChI=1S/C45H51N11O5.C2H6/c1-2-18-46-42(59)33-25-47-45(52-41(33)50-38-14-7-29-6-13-37(57)40(29)49-38)48-30-8-10-31(11-9-30)54-19-16-28(17-20-54)26-53-21-23-55(24-22-53)35-5-3-4-32-34(35)27-56(44(32)61)36-12-15-39(58)51-43(36)60;1-2/h2-5,7-11,14,25,28,36-37,57H,1,6,12-13,15-24,26-27H2,(H,46,59)(H,51,58,60)(H2,47,48,49,50,52);1-2H3. The minimum absolute atomic E-state index is 0.137. The number of amides is 4. The van der Waals surface area contributed by atoms with Crippen molar-refractivity contribution in [1.82, 2.24) is 35.4 Å². The normalized spacial score (nSPS) is 20.0. The maximum Gasteiger partial charge on any atom is 0.256 e. The monoisotopic (exact) mass is 855 g/mol. The van der Waals surface area contributed by atoms with Crippen molar-refractivity contribution in [3.63, 3.8) is 0 Å². The van der Waals surface area contributed by atoms with Crippen LogP contribution < -0.4 is 31.1 Å². The number of carbonyl (C=O) groups is 4. The van der Waals surface area contributed by atoms with E-state index in [1.807, 2.05) is 50.2 Å². The molecule has 5 N–H and O–H groups in total. The lowest BCUT2D eigenvalue weighted by Gasteiger charge is -2.40. The van der Waals surface area contributed by atoms with Crippen LogP contribution in [0.5, 0.6) is 0 Å². The highest BCUT2D eigenvalue weighted by molar-refractivity contribution is 6.06. The molecule has 16 heteroatoms. The third-order valence-electron chi connectivity index (χ3n) is 12.6. The average Bonchev–Trinajstić information content (AvgIpc) is 3.85. The molecule has 2 unspecified atom stereocenters. The first-order valence-electron chi connectivity index (χ1n) is 22.3. The summed E-state index contributed by atoms with van der Waals surface area (Å²) in [6.07, 6.45) is 6.71. The molecule has 9 rings (SSSR count). The summed E-state index contributed by atoms with van der Waals surface area (Å²) < 4.78 is 0. The molecule has 2 aromatic heterocycles. The van der Waals surface area contributed by atoms with Crippen LogP contribution in [0.25, 0.3) is 0 Å². The van der Waals surface area contributed by atoms with Gasteiger partial charge in [-0.2, -0.15) is 4.98 Å². The Labute approximate surface area is 368 Å². The number of hydrogen-bond donors (Lipinski definition) is 5. The van der Waals surface area contributed by atoms with Crippen LogP contribution >= 0.6 is 0 Å². The Morgan fingerprint density at radius 1 is 0.889 bits per heavy atom. The Bertz CT molecular complexity index is 2340. The number of anilines is 6. The van der Waals surface area contributed by atoms with E-state index < -0.39 is 12.1 Å². The van der Waals surface area contributed by atoms with Crippen LogP contribution in [0.4, 0.5) is 34.6 Å². The zero-order valence-corrected chi connectivity index (χ0v) is 36.1. The molecule has 4 aromatic rings. The Morgan fingerprint density at radius 2 is 1.67 bits per heavy atom. The molecule has 4 amide bonds. The van der Waals surface area contributed by atoms with Crippen LogP contribution in [0, 0.1) is 5.92 Å². The average molecular weight is 856 g/mol. The Kier molecular flexibility index (Phi) is 13.3. The van der Waals surface area contributed by atoms with E-state index in [9.17, 15) is 24.3 Å². The van der Waals surface area contributed by atoms with E-state index >= 15 is 0 Å². The van der Waals surface area contributed by atoms with Crippen molar-refractivity contribution in [2.24, 2.45) is 5.92 Å². The Morgan fingerprint density at radius 3 is 2.41 bits per heavy atom. The van der Waals surface area contributed by atoms with Crippen molar-refractivity contribution >= 4 is 58.3 Å². The smallest absolute Gasteiger partial charge is 0.256 e. The maximum atomic E-state index is 13.4. The van der Waals surface area contributed by atoms with E-state index in [0.29, 0.717) is 54.9 Å². The van der Waals surface area contributed by atoms with E-state index in [1.54, 1.807) is 11.0 Å². The summed E-state index contributed by atoms with van der Waals surface area (Å²) in [5.41, 5.74) is 6.58. The quantitative estimate of drug-likeness (QED) is 0.0939. The van der Waals surface area contributed by atoms with Gasteiger partial charge in [-0.15, -0.1) is 6.58 Å². The summed E-state index contributed by atoms with van der Waals surface area (Å²) >= 11 is 0. The van der Waals surface area contributed by atoms with Crippen molar-refractivity contribution in [2.45, 2.75) is 71.1 Å². The summed E-state index contributed by atoms with van der Waals surface area (Å²) in [5, 5.41) is 22.0. The van der Waals surface area contributed by atoms with Crippen LogP contribution in [0.3, 0.4) is 0 Å². The number of benzene rings is 2. The molecule has 2 aromatic carbocycles. The molecule has 63 heavy (non-hydrogen) atoms. The summed E-state index contributed by atoms with van der Waals surface area (Å²) in [6, 6.07) is 17.3. The van der Waals surface area contributed by atoms with Crippen LogP contribution in [0.15, 0.2) is 73.4 Å². The summed E-state index contributed by atoms with van der Waals surface area (Å²) in [6.45, 7) is 15.0. The van der Waals surface area contributed by atoms with E-state index in [4.69, 9.17) is 0 Å². The number of piperazine rings is 1. The number of imide groups is 1. The first-order valence-corrected chi connectivity index (χ1v) is 22.3. The number of aliphatic hydroxyl groups is 1. The number of nitrogens with one attached hydrogen (secondary N) is 4. The molecular formula is C47H57N11O5. The molecule has 330 valence electrons. The van der Waals surface area contributed by atoms with Gasteiger partial charge < -0.3 is 35.8 Å². The molecule has 0 spiro atoms. The summed E-state index contributed by atoms with van der Waals surface area (Å²) in [7, 11) is 0. The molecule has 4 aliphatic heterocycles. The highest BCUT2D eigenvalue weighted by Gasteiger charge is 2.40. The Hall–Kier alpha value is -6.39. The zero-order chi connectivity index (χ0) is 44.0.